The molecule has 17 heavy (non-hydrogen) atoms. The molecule has 0 aromatic carbocycles. The van der Waals surface area contributed by atoms with Crippen molar-refractivity contribution < 1.29 is 8.42 Å². The Kier molecular flexibility index (Phi) is 3.97. The smallest absolute Gasteiger partial charge is 0.257 e. The average molecular weight is 336 g/mol. The Morgan fingerprint density at radius 1 is 1.41 bits per heavy atom. The van der Waals surface area contributed by atoms with E-state index in [2.05, 4.69) is 30.8 Å². The largest absolute Gasteiger partial charge is 0.266 e. The molecule has 0 amide bonds. The molecule has 0 fully saturated rings. The number of nitrogens with one attached hydrogen (secondary N) is 2. The van der Waals surface area contributed by atoms with E-state index in [0.717, 1.165) is 8.66 Å². The lowest BCUT2D eigenvalue weighted by molar-refractivity contribution is 0.577. The molecule has 0 radical (unpaired) electrons. The van der Waals surface area contributed by atoms with Gasteiger partial charge in [-0.05, 0) is 40.5 Å². The van der Waals surface area contributed by atoms with Crippen LogP contribution in [-0.2, 0) is 16.4 Å². The van der Waals surface area contributed by atoms with Crippen LogP contribution in [0.5, 0.6) is 0 Å². The van der Waals surface area contributed by atoms with Gasteiger partial charge in [0.2, 0.25) is 0 Å². The SMILES string of the molecule is O=S(=O)(NCCc1ccc(Br)s1)c1ccn[nH]1. The number of sulfonamides is 1. The van der Waals surface area contributed by atoms with Gasteiger partial charge in [0.25, 0.3) is 10.0 Å². The Bertz CT molecular complexity index is 577. The number of aromatic amines is 1. The summed E-state index contributed by atoms with van der Waals surface area (Å²) in [6, 6.07) is 5.34. The van der Waals surface area contributed by atoms with Crippen molar-refractivity contribution >= 4 is 37.3 Å². The molecule has 0 bridgehead atoms. The number of halogens is 1. The molecule has 2 aromatic heterocycles. The minimum atomic E-state index is -3.46. The van der Waals surface area contributed by atoms with E-state index in [1.165, 1.54) is 12.3 Å². The predicted molar refractivity (Wildman–Crippen MR) is 69.5 cm³/mol. The second-order valence-electron chi connectivity index (χ2n) is 3.27. The number of hydrogen-bond acceptors (Lipinski definition) is 4. The topological polar surface area (TPSA) is 74.8 Å². The summed E-state index contributed by atoms with van der Waals surface area (Å²) in [6.07, 6.45) is 2.08. The van der Waals surface area contributed by atoms with E-state index >= 15 is 0 Å². The molecule has 2 heterocycles. The lowest BCUT2D eigenvalue weighted by Gasteiger charge is -2.02. The van der Waals surface area contributed by atoms with Gasteiger partial charge in [-0.3, -0.25) is 5.10 Å². The van der Waals surface area contributed by atoms with Crippen molar-refractivity contribution in [3.63, 3.8) is 0 Å². The number of nitrogens with zero attached hydrogens (tertiary/aromatic N) is 1. The number of rotatable bonds is 5. The molecule has 92 valence electrons. The van der Waals surface area contributed by atoms with E-state index in [1.807, 2.05) is 12.1 Å². The van der Waals surface area contributed by atoms with E-state index in [0.29, 0.717) is 13.0 Å². The van der Waals surface area contributed by atoms with Crippen molar-refractivity contribution in [2.75, 3.05) is 6.54 Å². The van der Waals surface area contributed by atoms with Crippen LogP contribution in [0, 0.1) is 0 Å². The molecule has 2 N–H and O–H groups in total. The zero-order valence-corrected chi connectivity index (χ0v) is 11.9. The fraction of sp³-hybridized carbons (Fsp3) is 0.222. The van der Waals surface area contributed by atoms with Crippen LogP contribution in [0.1, 0.15) is 4.88 Å². The highest BCUT2D eigenvalue weighted by molar-refractivity contribution is 9.11. The van der Waals surface area contributed by atoms with Gasteiger partial charge >= 0.3 is 0 Å². The molecule has 0 aliphatic heterocycles. The van der Waals surface area contributed by atoms with Crippen molar-refractivity contribution in [1.29, 1.82) is 0 Å². The van der Waals surface area contributed by atoms with Crippen LogP contribution >= 0.6 is 27.3 Å². The minimum Gasteiger partial charge on any atom is -0.266 e. The van der Waals surface area contributed by atoms with Gasteiger partial charge < -0.3 is 0 Å². The lowest BCUT2D eigenvalue weighted by atomic mass is 10.3. The second-order valence-corrected chi connectivity index (χ2v) is 7.56. The summed E-state index contributed by atoms with van der Waals surface area (Å²) in [6.45, 7) is 0.369. The first-order valence-electron chi connectivity index (χ1n) is 4.81. The monoisotopic (exact) mass is 335 g/mol. The Morgan fingerprint density at radius 2 is 2.24 bits per heavy atom. The van der Waals surface area contributed by atoms with E-state index in [-0.39, 0.29) is 5.03 Å². The first-order chi connectivity index (χ1) is 8.08. The summed E-state index contributed by atoms with van der Waals surface area (Å²) >= 11 is 4.96. The Balaban J connectivity index is 1.91. The van der Waals surface area contributed by atoms with Crippen LogP contribution in [0.3, 0.4) is 0 Å². The first kappa shape index (κ1) is 12.7. The van der Waals surface area contributed by atoms with Gasteiger partial charge in [0.05, 0.1) is 9.98 Å². The highest BCUT2D eigenvalue weighted by atomic mass is 79.9. The van der Waals surface area contributed by atoms with Gasteiger partial charge in [0, 0.05) is 11.4 Å². The first-order valence-corrected chi connectivity index (χ1v) is 7.90. The molecular formula is C9H10BrN3O2S2. The second kappa shape index (κ2) is 5.30. The zero-order chi connectivity index (χ0) is 12.3. The van der Waals surface area contributed by atoms with Crippen molar-refractivity contribution in [3.8, 4) is 0 Å². The summed E-state index contributed by atoms with van der Waals surface area (Å²) in [4.78, 5) is 1.13. The molecule has 0 atom stereocenters. The third-order valence-electron chi connectivity index (χ3n) is 2.06. The molecule has 2 aromatic rings. The van der Waals surface area contributed by atoms with Crippen molar-refractivity contribution in [1.82, 2.24) is 14.9 Å². The van der Waals surface area contributed by atoms with E-state index in [9.17, 15) is 8.42 Å². The molecule has 0 saturated carbocycles. The van der Waals surface area contributed by atoms with Crippen LogP contribution in [0.15, 0.2) is 33.2 Å². The quantitative estimate of drug-likeness (QED) is 0.874. The van der Waals surface area contributed by atoms with Gasteiger partial charge in [-0.25, -0.2) is 13.1 Å². The molecule has 0 unspecified atom stereocenters. The zero-order valence-electron chi connectivity index (χ0n) is 8.68. The normalized spacial score (nSPS) is 11.8. The molecule has 2 rings (SSSR count). The summed E-state index contributed by atoms with van der Waals surface area (Å²) in [5.41, 5.74) is 0. The molecule has 0 spiro atoms. The third-order valence-corrected chi connectivity index (χ3v) is 5.13. The van der Waals surface area contributed by atoms with Crippen LogP contribution in [-0.4, -0.2) is 25.2 Å². The summed E-state index contributed by atoms with van der Waals surface area (Å²) < 4.78 is 27.0. The maximum atomic E-state index is 11.7. The predicted octanol–water partition coefficient (Wildman–Crippen LogP) is 1.75. The Labute approximate surface area is 111 Å². The highest BCUT2D eigenvalue weighted by Crippen LogP contribution is 2.22. The molecule has 0 aliphatic rings. The number of aromatic nitrogens is 2. The Hall–Kier alpha value is -0.700. The highest BCUT2D eigenvalue weighted by Gasteiger charge is 2.14. The maximum Gasteiger partial charge on any atom is 0.257 e. The van der Waals surface area contributed by atoms with E-state index in [4.69, 9.17) is 0 Å². The number of hydrogen-bond donors (Lipinski definition) is 2. The molecular weight excluding hydrogens is 326 g/mol. The summed E-state index contributed by atoms with van der Waals surface area (Å²) in [5, 5.41) is 6.12. The fourth-order valence-electron chi connectivity index (χ4n) is 1.27. The minimum absolute atomic E-state index is 0.0878. The third kappa shape index (κ3) is 3.38. The van der Waals surface area contributed by atoms with Crippen LogP contribution in [0.4, 0.5) is 0 Å². The van der Waals surface area contributed by atoms with Gasteiger partial charge in [-0.1, -0.05) is 0 Å². The molecule has 8 heteroatoms. The number of H-pyrrole nitrogens is 1. The van der Waals surface area contributed by atoms with Crippen LogP contribution in [0.25, 0.3) is 0 Å². The van der Waals surface area contributed by atoms with Crippen molar-refractivity contribution in [3.05, 3.63) is 33.1 Å². The molecule has 0 saturated heterocycles. The Morgan fingerprint density at radius 3 is 2.82 bits per heavy atom. The lowest BCUT2D eigenvalue weighted by Crippen LogP contribution is -2.26. The van der Waals surface area contributed by atoms with Gasteiger partial charge in [-0.15, -0.1) is 11.3 Å². The molecule has 0 aliphatic carbocycles. The number of thiophene rings is 1. The van der Waals surface area contributed by atoms with Crippen LogP contribution in [0.2, 0.25) is 0 Å². The van der Waals surface area contributed by atoms with Gasteiger partial charge in [-0.2, -0.15) is 5.10 Å². The van der Waals surface area contributed by atoms with E-state index < -0.39 is 10.0 Å². The van der Waals surface area contributed by atoms with Crippen LogP contribution < -0.4 is 4.72 Å². The molecule has 5 nitrogen and oxygen atoms in total. The summed E-state index contributed by atoms with van der Waals surface area (Å²) in [5.74, 6) is 0. The van der Waals surface area contributed by atoms with Gasteiger partial charge in [0.1, 0.15) is 0 Å². The van der Waals surface area contributed by atoms with Gasteiger partial charge in [0.15, 0.2) is 5.03 Å². The average Bonchev–Trinajstić information content (AvgIpc) is 2.89. The standard InChI is InChI=1S/C9H10BrN3O2S2/c10-8-2-1-7(16-8)3-6-12-17(14,15)9-4-5-11-13-9/h1-2,4-5,12H,3,6H2,(H,11,13). The fourth-order valence-corrected chi connectivity index (χ4v) is 3.69. The van der Waals surface area contributed by atoms with Crippen molar-refractivity contribution in [2.45, 2.75) is 11.4 Å². The maximum absolute atomic E-state index is 11.7. The van der Waals surface area contributed by atoms with E-state index in [1.54, 1.807) is 11.3 Å². The summed E-state index contributed by atoms with van der Waals surface area (Å²) in [7, 11) is -3.46. The van der Waals surface area contributed by atoms with Crippen molar-refractivity contribution in [2.24, 2.45) is 0 Å².